The average molecular weight is 321 g/mol. The summed E-state index contributed by atoms with van der Waals surface area (Å²) in [4.78, 5) is 16.6. The van der Waals surface area contributed by atoms with Crippen molar-refractivity contribution >= 4 is 5.91 Å². The van der Waals surface area contributed by atoms with E-state index in [9.17, 15) is 4.79 Å². The maximum Gasteiger partial charge on any atom is 0.251 e. The van der Waals surface area contributed by atoms with Gasteiger partial charge in [-0.25, -0.2) is 0 Å². The van der Waals surface area contributed by atoms with Gasteiger partial charge in [-0.2, -0.15) is 4.98 Å². The second-order valence-electron chi connectivity index (χ2n) is 5.88. The molecule has 0 aliphatic heterocycles. The minimum atomic E-state index is -0.370. The molecular formula is C19H19N3O2. The van der Waals surface area contributed by atoms with Gasteiger partial charge in [0.1, 0.15) is 6.04 Å². The number of carbonyl (C=O) groups is 1. The standard InChI is InChI=1S/C19H19N3O2/c1-12-4-8-15(9-5-12)17-21-19(24-22-17)14(3)20-18(23)16-10-6-13(2)7-11-16/h4-11,14H,1-3H3,(H,20,23)/t14-/m0/s1. The zero-order valence-electron chi connectivity index (χ0n) is 13.9. The molecule has 3 aromatic rings. The van der Waals surface area contributed by atoms with Crippen molar-refractivity contribution in [3.63, 3.8) is 0 Å². The second kappa shape index (κ2) is 6.66. The first-order valence-electron chi connectivity index (χ1n) is 7.81. The number of hydrogen-bond acceptors (Lipinski definition) is 4. The number of nitrogens with zero attached hydrogens (tertiary/aromatic N) is 2. The third-order valence-corrected chi connectivity index (χ3v) is 3.78. The second-order valence-corrected chi connectivity index (χ2v) is 5.88. The predicted octanol–water partition coefficient (Wildman–Crippen LogP) is 3.84. The number of benzene rings is 2. The number of aromatic nitrogens is 2. The monoisotopic (exact) mass is 321 g/mol. The Hall–Kier alpha value is -2.95. The lowest BCUT2D eigenvalue weighted by Crippen LogP contribution is -2.26. The number of aryl methyl sites for hydroxylation is 2. The minimum absolute atomic E-state index is 0.169. The van der Waals surface area contributed by atoms with E-state index in [2.05, 4.69) is 15.5 Å². The summed E-state index contributed by atoms with van der Waals surface area (Å²) in [5, 5.41) is 6.86. The van der Waals surface area contributed by atoms with E-state index in [0.29, 0.717) is 17.3 Å². The summed E-state index contributed by atoms with van der Waals surface area (Å²) >= 11 is 0. The smallest absolute Gasteiger partial charge is 0.251 e. The molecule has 3 rings (SSSR count). The molecule has 2 aromatic carbocycles. The Kier molecular flexibility index (Phi) is 4.42. The van der Waals surface area contributed by atoms with Gasteiger partial charge in [0.15, 0.2) is 0 Å². The Morgan fingerprint density at radius 3 is 2.21 bits per heavy atom. The van der Waals surface area contributed by atoms with Crippen LogP contribution < -0.4 is 5.32 Å². The maximum atomic E-state index is 12.3. The lowest BCUT2D eigenvalue weighted by molar-refractivity contribution is 0.0932. The lowest BCUT2D eigenvalue weighted by atomic mass is 10.1. The molecule has 0 saturated carbocycles. The first kappa shape index (κ1) is 15.9. The normalized spacial score (nSPS) is 12.0. The Morgan fingerprint density at radius 2 is 1.58 bits per heavy atom. The molecular weight excluding hydrogens is 302 g/mol. The fraction of sp³-hybridized carbons (Fsp3) is 0.211. The van der Waals surface area contributed by atoms with Crippen molar-refractivity contribution in [2.24, 2.45) is 0 Å². The number of hydrogen-bond donors (Lipinski definition) is 1. The number of carbonyl (C=O) groups excluding carboxylic acids is 1. The van der Waals surface area contributed by atoms with Crippen LogP contribution in [0.5, 0.6) is 0 Å². The number of amides is 1. The van der Waals surface area contributed by atoms with Gasteiger partial charge in [0.25, 0.3) is 5.91 Å². The van der Waals surface area contributed by atoms with Gasteiger partial charge in [0.2, 0.25) is 11.7 Å². The number of nitrogens with one attached hydrogen (secondary N) is 1. The van der Waals surface area contributed by atoms with Gasteiger partial charge in [0.05, 0.1) is 0 Å². The first-order chi connectivity index (χ1) is 11.5. The van der Waals surface area contributed by atoms with E-state index in [0.717, 1.165) is 11.1 Å². The first-order valence-corrected chi connectivity index (χ1v) is 7.81. The quantitative estimate of drug-likeness (QED) is 0.792. The van der Waals surface area contributed by atoms with Crippen LogP contribution >= 0.6 is 0 Å². The van der Waals surface area contributed by atoms with Gasteiger partial charge in [-0.15, -0.1) is 0 Å². The van der Waals surface area contributed by atoms with Gasteiger partial charge in [-0.1, -0.05) is 52.7 Å². The molecule has 0 fully saturated rings. The summed E-state index contributed by atoms with van der Waals surface area (Å²) in [6.07, 6.45) is 0. The molecule has 1 amide bonds. The molecule has 5 heteroatoms. The van der Waals surface area contributed by atoms with Gasteiger partial charge in [-0.05, 0) is 32.9 Å². The van der Waals surface area contributed by atoms with Crippen LogP contribution in [0.15, 0.2) is 53.1 Å². The molecule has 5 nitrogen and oxygen atoms in total. The van der Waals surface area contributed by atoms with Crippen molar-refractivity contribution in [2.75, 3.05) is 0 Å². The van der Waals surface area contributed by atoms with Crippen LogP contribution in [0, 0.1) is 13.8 Å². The summed E-state index contributed by atoms with van der Waals surface area (Å²) < 4.78 is 5.29. The zero-order chi connectivity index (χ0) is 17.1. The molecule has 1 aromatic heterocycles. The largest absolute Gasteiger partial charge is 0.341 e. The fourth-order valence-corrected chi connectivity index (χ4v) is 2.28. The van der Waals surface area contributed by atoms with Crippen LogP contribution in [0.25, 0.3) is 11.4 Å². The van der Waals surface area contributed by atoms with Crippen LogP contribution in [0.1, 0.15) is 40.3 Å². The molecule has 0 aliphatic carbocycles. The molecule has 0 aliphatic rings. The van der Waals surface area contributed by atoms with Crippen LogP contribution in [0.4, 0.5) is 0 Å². The minimum Gasteiger partial charge on any atom is -0.341 e. The van der Waals surface area contributed by atoms with E-state index >= 15 is 0 Å². The lowest BCUT2D eigenvalue weighted by Gasteiger charge is -2.09. The molecule has 24 heavy (non-hydrogen) atoms. The Balaban J connectivity index is 1.71. The van der Waals surface area contributed by atoms with E-state index in [1.54, 1.807) is 12.1 Å². The molecule has 1 heterocycles. The van der Waals surface area contributed by atoms with Crippen LogP contribution in [-0.2, 0) is 0 Å². The summed E-state index contributed by atoms with van der Waals surface area (Å²) in [6.45, 7) is 5.82. The van der Waals surface area contributed by atoms with Crippen molar-refractivity contribution in [1.82, 2.24) is 15.5 Å². The van der Waals surface area contributed by atoms with E-state index in [4.69, 9.17) is 4.52 Å². The van der Waals surface area contributed by atoms with E-state index in [1.807, 2.05) is 57.2 Å². The topological polar surface area (TPSA) is 68.0 Å². The molecule has 0 bridgehead atoms. The SMILES string of the molecule is Cc1ccc(C(=O)N[C@@H](C)c2nc(-c3ccc(C)cc3)no2)cc1. The van der Waals surface area contributed by atoms with Crippen LogP contribution in [-0.4, -0.2) is 16.0 Å². The van der Waals surface area contributed by atoms with Crippen molar-refractivity contribution in [3.8, 4) is 11.4 Å². The highest BCUT2D eigenvalue weighted by Crippen LogP contribution is 2.19. The highest BCUT2D eigenvalue weighted by molar-refractivity contribution is 5.94. The summed E-state index contributed by atoms with van der Waals surface area (Å²) in [6, 6.07) is 14.9. The molecule has 122 valence electrons. The molecule has 0 unspecified atom stereocenters. The highest BCUT2D eigenvalue weighted by Gasteiger charge is 2.18. The van der Waals surface area contributed by atoms with Crippen molar-refractivity contribution < 1.29 is 9.32 Å². The van der Waals surface area contributed by atoms with Crippen molar-refractivity contribution in [2.45, 2.75) is 26.8 Å². The molecule has 0 radical (unpaired) electrons. The Labute approximate surface area is 140 Å². The average Bonchev–Trinajstić information content (AvgIpc) is 3.06. The summed E-state index contributed by atoms with van der Waals surface area (Å²) in [5.41, 5.74) is 3.76. The Bertz CT molecular complexity index is 836. The van der Waals surface area contributed by atoms with E-state index in [-0.39, 0.29) is 11.9 Å². The molecule has 0 spiro atoms. The fourth-order valence-electron chi connectivity index (χ4n) is 2.28. The van der Waals surface area contributed by atoms with E-state index < -0.39 is 0 Å². The molecule has 1 atom stereocenters. The highest BCUT2D eigenvalue weighted by atomic mass is 16.5. The van der Waals surface area contributed by atoms with Gasteiger partial charge >= 0.3 is 0 Å². The zero-order valence-corrected chi connectivity index (χ0v) is 13.9. The van der Waals surface area contributed by atoms with Crippen LogP contribution in [0.3, 0.4) is 0 Å². The maximum absolute atomic E-state index is 12.3. The number of rotatable bonds is 4. The van der Waals surface area contributed by atoms with Gasteiger partial charge in [-0.3, -0.25) is 4.79 Å². The van der Waals surface area contributed by atoms with Crippen molar-refractivity contribution in [1.29, 1.82) is 0 Å². The van der Waals surface area contributed by atoms with Gasteiger partial charge in [0, 0.05) is 11.1 Å². The summed E-state index contributed by atoms with van der Waals surface area (Å²) in [5.74, 6) is 0.727. The third kappa shape index (κ3) is 3.51. The molecule has 1 N–H and O–H groups in total. The van der Waals surface area contributed by atoms with Gasteiger partial charge < -0.3 is 9.84 Å². The Morgan fingerprint density at radius 1 is 1.00 bits per heavy atom. The summed E-state index contributed by atoms with van der Waals surface area (Å²) in [7, 11) is 0. The van der Waals surface area contributed by atoms with Crippen LogP contribution in [0.2, 0.25) is 0 Å². The van der Waals surface area contributed by atoms with Crippen molar-refractivity contribution in [3.05, 3.63) is 71.1 Å². The molecule has 0 saturated heterocycles. The predicted molar refractivity (Wildman–Crippen MR) is 91.5 cm³/mol. The van der Waals surface area contributed by atoms with E-state index in [1.165, 1.54) is 5.56 Å². The third-order valence-electron chi connectivity index (χ3n) is 3.78.